The molecule has 4 aromatic rings. The van der Waals surface area contributed by atoms with E-state index >= 15 is 0 Å². The number of aryl methyl sites for hydroxylation is 1. The Hall–Kier alpha value is -3.34. The van der Waals surface area contributed by atoms with Gasteiger partial charge in [0, 0.05) is 19.6 Å². The minimum absolute atomic E-state index is 0.139. The van der Waals surface area contributed by atoms with Gasteiger partial charge in [-0.25, -0.2) is 0 Å². The molecule has 0 aromatic heterocycles. The fraction of sp³-hybridized carbons (Fsp3) is 0.421. The van der Waals surface area contributed by atoms with Gasteiger partial charge in [0.2, 0.25) is 0 Å². The van der Waals surface area contributed by atoms with Gasteiger partial charge in [0.1, 0.15) is 11.5 Å². The highest BCUT2D eigenvalue weighted by molar-refractivity contribution is 5.84. The van der Waals surface area contributed by atoms with Crippen molar-refractivity contribution >= 4 is 10.8 Å². The van der Waals surface area contributed by atoms with Crippen molar-refractivity contribution in [2.75, 3.05) is 26.4 Å². The van der Waals surface area contributed by atoms with Crippen LogP contribution in [0.3, 0.4) is 0 Å². The van der Waals surface area contributed by atoms with Crippen LogP contribution in [0.2, 0.25) is 0 Å². The summed E-state index contributed by atoms with van der Waals surface area (Å²) in [5.41, 5.74) is 3.88. The molecule has 0 saturated carbocycles. The van der Waals surface area contributed by atoms with E-state index in [4.69, 9.17) is 9.47 Å². The van der Waals surface area contributed by atoms with Crippen molar-refractivity contribution in [3.8, 4) is 11.5 Å². The molecule has 0 unspecified atom stereocenters. The molecule has 0 aliphatic heterocycles. The lowest BCUT2D eigenvalue weighted by molar-refractivity contribution is 0.184. The van der Waals surface area contributed by atoms with Crippen molar-refractivity contribution in [2.45, 2.75) is 77.8 Å². The van der Waals surface area contributed by atoms with E-state index in [1.54, 1.807) is 0 Å². The fourth-order valence-electron chi connectivity index (χ4n) is 5.36. The highest BCUT2D eigenvalue weighted by Gasteiger charge is 2.09. The number of aliphatic hydroxyl groups is 1. The van der Waals surface area contributed by atoms with Crippen LogP contribution in [0.15, 0.2) is 91.0 Å². The predicted molar refractivity (Wildman–Crippen MR) is 175 cm³/mol. The zero-order chi connectivity index (χ0) is 29.2. The van der Waals surface area contributed by atoms with Crippen molar-refractivity contribution in [3.63, 3.8) is 0 Å². The molecule has 0 radical (unpaired) electrons. The molecule has 0 aliphatic rings. The third-order valence-corrected chi connectivity index (χ3v) is 7.77. The maximum Gasteiger partial charge on any atom is 0.119 e. The summed E-state index contributed by atoms with van der Waals surface area (Å²) < 4.78 is 12.0. The number of benzene rings is 4. The third-order valence-electron chi connectivity index (χ3n) is 7.77. The van der Waals surface area contributed by atoms with Gasteiger partial charge in [-0.3, -0.25) is 4.90 Å². The lowest BCUT2D eigenvalue weighted by Gasteiger charge is -2.22. The molecule has 4 aromatic carbocycles. The number of rotatable bonds is 20. The van der Waals surface area contributed by atoms with Crippen LogP contribution in [0.4, 0.5) is 0 Å². The van der Waals surface area contributed by atoms with Gasteiger partial charge in [-0.05, 0) is 89.9 Å². The van der Waals surface area contributed by atoms with E-state index in [-0.39, 0.29) is 6.61 Å². The molecule has 42 heavy (non-hydrogen) atoms. The second-order valence-corrected chi connectivity index (χ2v) is 11.3. The van der Waals surface area contributed by atoms with Gasteiger partial charge in [-0.15, -0.1) is 0 Å². The lowest BCUT2D eigenvalue weighted by atomic mass is 10.1. The molecule has 0 aliphatic carbocycles. The largest absolute Gasteiger partial charge is 0.494 e. The van der Waals surface area contributed by atoms with Crippen LogP contribution in [-0.4, -0.2) is 36.4 Å². The number of unbranched alkanes of at least 4 members (excludes halogenated alkanes) is 6. The fourth-order valence-corrected chi connectivity index (χ4v) is 5.36. The number of aliphatic hydroxyl groups excluding tert-OH is 1. The standard InChI is InChI=1S/C38H49NO3/c1-2-3-4-5-11-26-41-37-21-17-33(18-22-37)30-39(24-25-40)31-34-16-19-36-29-38(23-20-35(36)28-34)42-27-12-7-10-15-32-13-8-6-9-14-32/h6,8-9,13-14,16-23,28-29,40H,2-5,7,10-12,15,24-27,30-31H2,1H3. The topological polar surface area (TPSA) is 41.9 Å². The minimum Gasteiger partial charge on any atom is -0.494 e. The molecule has 4 rings (SSSR count). The average Bonchev–Trinajstić information content (AvgIpc) is 3.02. The third kappa shape index (κ3) is 11.2. The van der Waals surface area contributed by atoms with Crippen LogP contribution in [-0.2, 0) is 19.5 Å². The summed E-state index contributed by atoms with van der Waals surface area (Å²) in [5.74, 6) is 1.87. The van der Waals surface area contributed by atoms with Crippen LogP contribution in [0.5, 0.6) is 11.5 Å². The molecule has 1 N–H and O–H groups in total. The second kappa shape index (κ2) is 18.3. The van der Waals surface area contributed by atoms with E-state index in [1.807, 2.05) is 0 Å². The molecule has 0 bridgehead atoms. The maximum absolute atomic E-state index is 9.71. The van der Waals surface area contributed by atoms with E-state index in [2.05, 4.69) is 103 Å². The van der Waals surface area contributed by atoms with E-state index in [0.29, 0.717) is 6.54 Å². The highest BCUT2D eigenvalue weighted by Crippen LogP contribution is 2.24. The molecule has 0 heterocycles. The summed E-state index contributed by atoms with van der Waals surface area (Å²) >= 11 is 0. The molecular formula is C38H49NO3. The predicted octanol–water partition coefficient (Wildman–Crippen LogP) is 8.98. The molecule has 0 spiro atoms. The van der Waals surface area contributed by atoms with Crippen LogP contribution in [0.1, 0.15) is 75.0 Å². The Morgan fingerprint density at radius 1 is 0.571 bits per heavy atom. The molecule has 4 nitrogen and oxygen atoms in total. The van der Waals surface area contributed by atoms with Crippen molar-refractivity contribution in [1.29, 1.82) is 0 Å². The normalized spacial score (nSPS) is 11.3. The number of hydrogen-bond acceptors (Lipinski definition) is 4. The first-order chi connectivity index (χ1) is 20.7. The van der Waals surface area contributed by atoms with E-state index < -0.39 is 0 Å². The molecule has 224 valence electrons. The first-order valence-electron chi connectivity index (χ1n) is 16.0. The van der Waals surface area contributed by atoms with Crippen molar-refractivity contribution in [2.24, 2.45) is 0 Å². The molecule has 0 amide bonds. The zero-order valence-corrected chi connectivity index (χ0v) is 25.5. The Bertz CT molecular complexity index is 1290. The van der Waals surface area contributed by atoms with E-state index in [1.165, 1.54) is 66.0 Å². The summed E-state index contributed by atoms with van der Waals surface area (Å²) in [6.07, 6.45) is 10.8. The molecule has 0 saturated heterocycles. The molecule has 0 fully saturated rings. The van der Waals surface area contributed by atoms with Gasteiger partial charge < -0.3 is 14.6 Å². The molecule has 4 heteroatoms. The van der Waals surface area contributed by atoms with Gasteiger partial charge in [0.25, 0.3) is 0 Å². The molecule has 0 atom stereocenters. The smallest absolute Gasteiger partial charge is 0.119 e. The summed E-state index contributed by atoms with van der Waals surface area (Å²) in [7, 11) is 0. The number of nitrogens with zero attached hydrogens (tertiary/aromatic N) is 1. The zero-order valence-electron chi connectivity index (χ0n) is 25.5. The average molecular weight is 568 g/mol. The number of ether oxygens (including phenoxy) is 2. The van der Waals surface area contributed by atoms with Gasteiger partial charge in [-0.1, -0.05) is 93.3 Å². The van der Waals surface area contributed by atoms with Gasteiger partial charge in [0.05, 0.1) is 19.8 Å². The monoisotopic (exact) mass is 567 g/mol. The summed E-state index contributed by atoms with van der Waals surface area (Å²) in [5, 5.41) is 12.1. The Morgan fingerprint density at radius 3 is 1.95 bits per heavy atom. The lowest BCUT2D eigenvalue weighted by Crippen LogP contribution is -2.26. The minimum atomic E-state index is 0.139. The van der Waals surface area contributed by atoms with Crippen LogP contribution < -0.4 is 9.47 Å². The van der Waals surface area contributed by atoms with Crippen molar-refractivity contribution in [1.82, 2.24) is 4.90 Å². The van der Waals surface area contributed by atoms with Crippen LogP contribution in [0, 0.1) is 0 Å². The number of hydrogen-bond donors (Lipinski definition) is 1. The van der Waals surface area contributed by atoms with Crippen LogP contribution >= 0.6 is 0 Å². The summed E-state index contributed by atoms with van der Waals surface area (Å²) in [6.45, 7) is 6.11. The quantitative estimate of drug-likeness (QED) is 0.108. The Labute approximate surface area is 253 Å². The van der Waals surface area contributed by atoms with Crippen LogP contribution in [0.25, 0.3) is 10.8 Å². The Balaban J connectivity index is 1.22. The SMILES string of the molecule is CCCCCCCOc1ccc(CN(CCO)Cc2ccc3cc(OCCCCCc4ccccc4)ccc3c2)cc1. The van der Waals surface area contributed by atoms with Crippen molar-refractivity contribution in [3.05, 3.63) is 108 Å². The van der Waals surface area contributed by atoms with Gasteiger partial charge in [-0.2, -0.15) is 0 Å². The highest BCUT2D eigenvalue weighted by atomic mass is 16.5. The second-order valence-electron chi connectivity index (χ2n) is 11.3. The van der Waals surface area contributed by atoms with Crippen molar-refractivity contribution < 1.29 is 14.6 Å². The summed E-state index contributed by atoms with van der Waals surface area (Å²) in [6, 6.07) is 32.1. The molecular weight excluding hydrogens is 518 g/mol. The Morgan fingerprint density at radius 2 is 1.19 bits per heavy atom. The Kier molecular flexibility index (Phi) is 13.7. The van der Waals surface area contributed by atoms with Gasteiger partial charge >= 0.3 is 0 Å². The van der Waals surface area contributed by atoms with E-state index in [9.17, 15) is 5.11 Å². The number of fused-ring (bicyclic) bond motifs is 1. The van der Waals surface area contributed by atoms with Gasteiger partial charge in [0.15, 0.2) is 0 Å². The summed E-state index contributed by atoms with van der Waals surface area (Å²) in [4.78, 5) is 2.29. The van der Waals surface area contributed by atoms with E-state index in [0.717, 1.165) is 57.1 Å². The maximum atomic E-state index is 9.71. The first kappa shape index (κ1) is 31.6. The first-order valence-corrected chi connectivity index (χ1v) is 16.0.